The Labute approximate surface area is 172 Å². The first-order chi connectivity index (χ1) is 13.3. The van der Waals surface area contributed by atoms with Gasteiger partial charge in [-0.15, -0.1) is 0 Å². The maximum Gasteiger partial charge on any atom is 0.347 e. The van der Waals surface area contributed by atoms with E-state index in [0.29, 0.717) is 24.4 Å². The van der Waals surface area contributed by atoms with Crippen molar-refractivity contribution in [1.82, 2.24) is 4.90 Å². The van der Waals surface area contributed by atoms with Crippen LogP contribution in [0.2, 0.25) is 0 Å². The Bertz CT molecular complexity index is 842. The molecule has 1 aliphatic rings. The second-order valence-electron chi connectivity index (χ2n) is 7.20. The molecule has 6 nitrogen and oxygen atoms in total. The number of ether oxygens (including phenoxy) is 1. The average molecular weight is 447 g/mol. The highest BCUT2D eigenvalue weighted by atomic mass is 79.9. The van der Waals surface area contributed by atoms with Gasteiger partial charge in [-0.25, -0.2) is 4.79 Å². The molecule has 2 aromatic carbocycles. The molecule has 0 spiro atoms. The van der Waals surface area contributed by atoms with Gasteiger partial charge in [-0.3, -0.25) is 4.79 Å². The number of amides is 1. The van der Waals surface area contributed by atoms with E-state index in [9.17, 15) is 9.59 Å². The zero-order valence-electron chi connectivity index (χ0n) is 15.9. The first-order valence-corrected chi connectivity index (χ1v) is 9.88. The summed E-state index contributed by atoms with van der Waals surface area (Å²) in [6.45, 7) is 5.82. The van der Waals surface area contributed by atoms with E-state index in [4.69, 9.17) is 9.84 Å². The summed E-state index contributed by atoms with van der Waals surface area (Å²) >= 11 is 3.38. The quantitative estimate of drug-likeness (QED) is 0.758. The summed E-state index contributed by atoms with van der Waals surface area (Å²) in [6, 6.07) is 14.8. The number of anilines is 1. The van der Waals surface area contributed by atoms with Crippen molar-refractivity contribution in [2.45, 2.75) is 19.4 Å². The Kier molecular flexibility index (Phi) is 5.93. The third-order valence-corrected chi connectivity index (χ3v) is 5.28. The molecule has 1 fully saturated rings. The number of hydrogen-bond acceptors (Lipinski definition) is 4. The number of hydrogen-bond donors (Lipinski definition) is 1. The molecule has 1 N–H and O–H groups in total. The van der Waals surface area contributed by atoms with Crippen molar-refractivity contribution in [3.05, 3.63) is 58.6 Å². The van der Waals surface area contributed by atoms with Gasteiger partial charge in [-0.05, 0) is 62.4 Å². The number of piperazine rings is 1. The highest BCUT2D eigenvalue weighted by Crippen LogP contribution is 2.24. The molecule has 0 unspecified atom stereocenters. The van der Waals surface area contributed by atoms with E-state index in [1.54, 1.807) is 12.1 Å². The maximum atomic E-state index is 12.6. The summed E-state index contributed by atoms with van der Waals surface area (Å²) in [5, 5.41) is 9.16. The number of carbonyl (C=O) groups excluding carboxylic acids is 1. The Morgan fingerprint density at radius 3 is 2.07 bits per heavy atom. The molecule has 2 aromatic rings. The van der Waals surface area contributed by atoms with Crippen LogP contribution >= 0.6 is 15.9 Å². The van der Waals surface area contributed by atoms with Crippen LogP contribution in [-0.4, -0.2) is 53.7 Å². The number of carboxylic acid groups (broad SMARTS) is 1. The normalized spacial score (nSPS) is 14.7. The number of benzene rings is 2. The fourth-order valence-electron chi connectivity index (χ4n) is 3.01. The monoisotopic (exact) mass is 446 g/mol. The van der Waals surface area contributed by atoms with Crippen LogP contribution in [0.1, 0.15) is 24.2 Å². The lowest BCUT2D eigenvalue weighted by Crippen LogP contribution is -2.48. The third kappa shape index (κ3) is 4.65. The van der Waals surface area contributed by atoms with Crippen LogP contribution in [-0.2, 0) is 4.79 Å². The second-order valence-corrected chi connectivity index (χ2v) is 8.11. The first-order valence-electron chi connectivity index (χ1n) is 9.08. The smallest absolute Gasteiger partial charge is 0.347 e. The van der Waals surface area contributed by atoms with Crippen LogP contribution in [0.3, 0.4) is 0 Å². The van der Waals surface area contributed by atoms with Crippen LogP contribution in [0.25, 0.3) is 0 Å². The Morgan fingerprint density at radius 2 is 1.54 bits per heavy atom. The fraction of sp³-hybridized carbons (Fsp3) is 0.333. The minimum absolute atomic E-state index is 0.0480. The lowest BCUT2D eigenvalue weighted by Gasteiger charge is -2.36. The summed E-state index contributed by atoms with van der Waals surface area (Å²) in [4.78, 5) is 27.9. The zero-order chi connectivity index (χ0) is 20.3. The van der Waals surface area contributed by atoms with Crippen molar-refractivity contribution in [1.29, 1.82) is 0 Å². The molecule has 7 heteroatoms. The molecule has 0 bridgehead atoms. The predicted octanol–water partition coefficient (Wildman–Crippen LogP) is 3.65. The molecule has 0 saturated carbocycles. The third-order valence-electron chi connectivity index (χ3n) is 4.75. The van der Waals surface area contributed by atoms with Crippen LogP contribution in [0.4, 0.5) is 5.69 Å². The Morgan fingerprint density at radius 1 is 0.964 bits per heavy atom. The molecular weight excluding hydrogens is 424 g/mol. The largest absolute Gasteiger partial charge is 0.478 e. The van der Waals surface area contributed by atoms with E-state index in [2.05, 4.69) is 20.8 Å². The molecule has 3 rings (SSSR count). The van der Waals surface area contributed by atoms with Crippen molar-refractivity contribution in [2.24, 2.45) is 0 Å². The molecule has 1 saturated heterocycles. The summed E-state index contributed by atoms with van der Waals surface area (Å²) in [5.74, 6) is -0.449. The zero-order valence-corrected chi connectivity index (χ0v) is 17.5. The molecule has 1 aliphatic heterocycles. The minimum Gasteiger partial charge on any atom is -0.478 e. The fourth-order valence-corrected chi connectivity index (χ4v) is 3.27. The van der Waals surface area contributed by atoms with Crippen molar-refractivity contribution >= 4 is 33.5 Å². The van der Waals surface area contributed by atoms with Crippen LogP contribution in [0.5, 0.6) is 5.75 Å². The molecule has 0 aliphatic carbocycles. The molecule has 28 heavy (non-hydrogen) atoms. The standard InChI is InChI=1S/C21H23BrN2O4/c1-21(2,20(26)27)28-18-9-7-17(8-10-18)23-11-13-24(14-12-23)19(25)15-3-5-16(22)6-4-15/h3-10H,11-14H2,1-2H3,(H,26,27). The van der Waals surface area contributed by atoms with E-state index in [1.807, 2.05) is 41.3 Å². The number of nitrogens with zero attached hydrogens (tertiary/aromatic N) is 2. The summed E-state index contributed by atoms with van der Waals surface area (Å²) in [7, 11) is 0. The van der Waals surface area contributed by atoms with Crippen molar-refractivity contribution < 1.29 is 19.4 Å². The van der Waals surface area contributed by atoms with Gasteiger partial charge in [0.25, 0.3) is 5.91 Å². The lowest BCUT2D eigenvalue weighted by atomic mass is 10.1. The van der Waals surface area contributed by atoms with Gasteiger partial charge in [-0.1, -0.05) is 15.9 Å². The van der Waals surface area contributed by atoms with Gasteiger partial charge in [0.2, 0.25) is 0 Å². The van der Waals surface area contributed by atoms with Crippen molar-refractivity contribution in [3.8, 4) is 5.75 Å². The predicted molar refractivity (Wildman–Crippen MR) is 111 cm³/mol. The first kappa shape index (κ1) is 20.2. The van der Waals surface area contributed by atoms with E-state index in [0.717, 1.165) is 23.2 Å². The Balaban J connectivity index is 1.58. The number of carbonyl (C=O) groups is 2. The summed E-state index contributed by atoms with van der Waals surface area (Å²) in [5.41, 5.74) is 0.441. The SMILES string of the molecule is CC(C)(Oc1ccc(N2CCN(C(=O)c3ccc(Br)cc3)CC2)cc1)C(=O)O. The molecule has 0 aromatic heterocycles. The highest BCUT2D eigenvalue weighted by Gasteiger charge is 2.29. The maximum absolute atomic E-state index is 12.6. The van der Waals surface area contributed by atoms with E-state index < -0.39 is 11.6 Å². The van der Waals surface area contributed by atoms with Gasteiger partial charge in [0.15, 0.2) is 5.60 Å². The lowest BCUT2D eigenvalue weighted by molar-refractivity contribution is -0.152. The highest BCUT2D eigenvalue weighted by molar-refractivity contribution is 9.10. The molecule has 0 radical (unpaired) electrons. The molecule has 0 atom stereocenters. The van der Waals surface area contributed by atoms with Gasteiger partial charge in [0.05, 0.1) is 0 Å². The van der Waals surface area contributed by atoms with E-state index in [-0.39, 0.29) is 5.91 Å². The number of carboxylic acids is 1. The van der Waals surface area contributed by atoms with E-state index >= 15 is 0 Å². The number of aliphatic carboxylic acids is 1. The topological polar surface area (TPSA) is 70.1 Å². The molecule has 1 amide bonds. The number of rotatable bonds is 5. The van der Waals surface area contributed by atoms with Crippen molar-refractivity contribution in [2.75, 3.05) is 31.1 Å². The Hall–Kier alpha value is -2.54. The minimum atomic E-state index is -1.28. The van der Waals surface area contributed by atoms with Crippen LogP contribution in [0.15, 0.2) is 53.0 Å². The van der Waals surface area contributed by atoms with Gasteiger partial charge < -0.3 is 19.6 Å². The van der Waals surface area contributed by atoms with Crippen molar-refractivity contribution in [3.63, 3.8) is 0 Å². The second kappa shape index (κ2) is 8.22. The van der Waals surface area contributed by atoms with Gasteiger partial charge in [-0.2, -0.15) is 0 Å². The molecule has 148 valence electrons. The summed E-state index contributed by atoms with van der Waals surface area (Å²) in [6.07, 6.45) is 0. The van der Waals surface area contributed by atoms with Crippen LogP contribution in [0, 0.1) is 0 Å². The average Bonchev–Trinajstić information content (AvgIpc) is 2.68. The molecule has 1 heterocycles. The van der Waals surface area contributed by atoms with E-state index in [1.165, 1.54) is 13.8 Å². The van der Waals surface area contributed by atoms with Gasteiger partial charge >= 0.3 is 5.97 Å². The van der Waals surface area contributed by atoms with Crippen LogP contribution < -0.4 is 9.64 Å². The summed E-state index contributed by atoms with van der Waals surface area (Å²) < 4.78 is 6.49. The number of halogens is 1. The van der Waals surface area contributed by atoms with Gasteiger partial charge in [0, 0.05) is 41.9 Å². The molecular formula is C21H23BrN2O4. The van der Waals surface area contributed by atoms with Gasteiger partial charge in [0.1, 0.15) is 5.75 Å².